The first kappa shape index (κ1) is 12.0. The zero-order valence-electron chi connectivity index (χ0n) is 10.3. The van der Waals surface area contributed by atoms with Crippen LogP contribution in [0.4, 0.5) is 0 Å². The van der Waals surface area contributed by atoms with Crippen molar-refractivity contribution in [3.05, 3.63) is 0 Å². The lowest BCUT2D eigenvalue weighted by molar-refractivity contribution is 0.344. The van der Waals surface area contributed by atoms with E-state index < -0.39 is 0 Å². The van der Waals surface area contributed by atoms with E-state index in [-0.39, 0.29) is 0 Å². The smallest absolute Gasteiger partial charge is 0.0321 e. The molecule has 0 aromatic carbocycles. The molecule has 0 bridgehead atoms. The molecule has 14 heavy (non-hydrogen) atoms. The molecule has 2 nitrogen and oxygen atoms in total. The Morgan fingerprint density at radius 2 is 1.86 bits per heavy atom. The Balaban J connectivity index is 0.000000213. The van der Waals surface area contributed by atoms with Gasteiger partial charge in [-0.1, -0.05) is 20.8 Å². The molecule has 0 saturated carbocycles. The Labute approximate surface area is 89.1 Å². The Kier molecular flexibility index (Phi) is 4.39. The predicted octanol–water partition coefficient (Wildman–Crippen LogP) is 2.11. The van der Waals surface area contributed by atoms with Gasteiger partial charge in [-0.15, -0.1) is 0 Å². The average Bonchev–Trinajstić information content (AvgIpc) is 2.62. The van der Waals surface area contributed by atoms with Crippen LogP contribution in [0.1, 0.15) is 40.0 Å². The van der Waals surface area contributed by atoms with Gasteiger partial charge < -0.3 is 10.2 Å². The molecule has 2 saturated heterocycles. The van der Waals surface area contributed by atoms with Gasteiger partial charge in [-0.25, -0.2) is 0 Å². The third-order valence-electron chi connectivity index (χ3n) is 2.88. The largest absolute Gasteiger partial charge is 0.310 e. The van der Waals surface area contributed by atoms with E-state index in [2.05, 4.69) is 38.0 Å². The standard InChI is InChI=1S/C8H16N2.C4H10/c1-10-6-4-8(7-10)3-2-5-9-8;1-4(2)3/h9H,2-7H2,1H3;4H,1-3H3. The number of nitrogens with one attached hydrogen (secondary N) is 1. The Morgan fingerprint density at radius 1 is 1.21 bits per heavy atom. The summed E-state index contributed by atoms with van der Waals surface area (Å²) >= 11 is 0. The first-order chi connectivity index (χ1) is 6.54. The summed E-state index contributed by atoms with van der Waals surface area (Å²) in [5.41, 5.74) is 0.536. The minimum atomic E-state index is 0.536. The van der Waals surface area contributed by atoms with Gasteiger partial charge in [-0.3, -0.25) is 0 Å². The summed E-state index contributed by atoms with van der Waals surface area (Å²) in [4.78, 5) is 2.43. The molecule has 1 unspecified atom stereocenters. The van der Waals surface area contributed by atoms with Gasteiger partial charge in [0.15, 0.2) is 0 Å². The molecule has 2 rings (SSSR count). The molecule has 2 aliphatic rings. The maximum atomic E-state index is 3.62. The highest BCUT2D eigenvalue weighted by Gasteiger charge is 2.38. The lowest BCUT2D eigenvalue weighted by Crippen LogP contribution is -2.41. The zero-order valence-corrected chi connectivity index (χ0v) is 10.3. The second-order valence-electron chi connectivity index (χ2n) is 5.53. The van der Waals surface area contributed by atoms with Gasteiger partial charge in [0.25, 0.3) is 0 Å². The Morgan fingerprint density at radius 3 is 2.21 bits per heavy atom. The molecule has 1 atom stereocenters. The molecule has 1 N–H and O–H groups in total. The van der Waals surface area contributed by atoms with Crippen LogP contribution in [0.25, 0.3) is 0 Å². The summed E-state index contributed by atoms with van der Waals surface area (Å²) in [6.07, 6.45) is 4.15. The van der Waals surface area contributed by atoms with Gasteiger partial charge in [0.1, 0.15) is 0 Å². The van der Waals surface area contributed by atoms with Crippen molar-refractivity contribution in [1.29, 1.82) is 0 Å². The van der Waals surface area contributed by atoms with Crippen LogP contribution in [-0.4, -0.2) is 37.1 Å². The molecule has 1 spiro atoms. The fraction of sp³-hybridized carbons (Fsp3) is 1.00. The third-order valence-corrected chi connectivity index (χ3v) is 2.88. The molecule has 0 amide bonds. The maximum Gasteiger partial charge on any atom is 0.0321 e. The van der Waals surface area contributed by atoms with Crippen molar-refractivity contribution in [2.24, 2.45) is 5.92 Å². The quantitative estimate of drug-likeness (QED) is 0.641. The first-order valence-corrected chi connectivity index (χ1v) is 5.98. The fourth-order valence-electron chi connectivity index (χ4n) is 2.30. The molecule has 84 valence electrons. The van der Waals surface area contributed by atoms with E-state index in [4.69, 9.17) is 0 Å². The number of hydrogen-bond donors (Lipinski definition) is 1. The summed E-state index contributed by atoms with van der Waals surface area (Å²) in [5, 5.41) is 3.62. The molecule has 0 radical (unpaired) electrons. The zero-order chi connectivity index (χ0) is 10.6. The number of hydrogen-bond acceptors (Lipinski definition) is 2. The van der Waals surface area contributed by atoms with Gasteiger partial charge in [0.2, 0.25) is 0 Å². The summed E-state index contributed by atoms with van der Waals surface area (Å²) in [6.45, 7) is 10.3. The number of likely N-dealkylation sites (tertiary alicyclic amines) is 1. The van der Waals surface area contributed by atoms with E-state index in [0.717, 1.165) is 5.92 Å². The molecule has 0 aliphatic carbocycles. The van der Waals surface area contributed by atoms with Crippen molar-refractivity contribution in [3.8, 4) is 0 Å². The summed E-state index contributed by atoms with van der Waals surface area (Å²) in [7, 11) is 2.22. The van der Waals surface area contributed by atoms with Gasteiger partial charge in [-0.05, 0) is 45.3 Å². The molecule has 2 aliphatic heterocycles. The van der Waals surface area contributed by atoms with Crippen molar-refractivity contribution in [2.45, 2.75) is 45.6 Å². The van der Waals surface area contributed by atoms with Crippen molar-refractivity contribution in [3.63, 3.8) is 0 Å². The van der Waals surface area contributed by atoms with Crippen LogP contribution in [0.5, 0.6) is 0 Å². The average molecular weight is 198 g/mol. The Bertz CT molecular complexity index is 157. The summed E-state index contributed by atoms with van der Waals surface area (Å²) in [6, 6.07) is 0. The minimum absolute atomic E-state index is 0.536. The highest BCUT2D eigenvalue weighted by molar-refractivity contribution is 4.99. The fourth-order valence-corrected chi connectivity index (χ4v) is 2.30. The van der Waals surface area contributed by atoms with Crippen LogP contribution in [0, 0.1) is 5.92 Å². The normalized spacial score (nSPS) is 32.4. The van der Waals surface area contributed by atoms with Crippen molar-refractivity contribution >= 4 is 0 Å². The van der Waals surface area contributed by atoms with Gasteiger partial charge in [0, 0.05) is 12.1 Å². The number of rotatable bonds is 0. The Hall–Kier alpha value is -0.0800. The van der Waals surface area contributed by atoms with Crippen LogP contribution >= 0.6 is 0 Å². The van der Waals surface area contributed by atoms with Crippen molar-refractivity contribution in [1.82, 2.24) is 10.2 Å². The predicted molar refractivity (Wildman–Crippen MR) is 62.6 cm³/mol. The lowest BCUT2D eigenvalue weighted by Gasteiger charge is -2.22. The van der Waals surface area contributed by atoms with Crippen LogP contribution in [0.2, 0.25) is 0 Å². The maximum absolute atomic E-state index is 3.62. The highest BCUT2D eigenvalue weighted by atomic mass is 15.2. The SMILES string of the molecule is CC(C)C.CN1CCC2(CCCN2)C1. The van der Waals surface area contributed by atoms with Crippen LogP contribution in [0.15, 0.2) is 0 Å². The molecule has 2 heterocycles. The van der Waals surface area contributed by atoms with Crippen molar-refractivity contribution < 1.29 is 0 Å². The number of nitrogens with zero attached hydrogens (tertiary/aromatic N) is 1. The van der Waals surface area contributed by atoms with E-state index >= 15 is 0 Å². The van der Waals surface area contributed by atoms with E-state index in [0.29, 0.717) is 5.54 Å². The molecule has 2 fully saturated rings. The van der Waals surface area contributed by atoms with Crippen LogP contribution in [0.3, 0.4) is 0 Å². The van der Waals surface area contributed by atoms with E-state index in [1.165, 1.54) is 38.9 Å². The molecular weight excluding hydrogens is 172 g/mol. The molecule has 0 aromatic rings. The van der Waals surface area contributed by atoms with E-state index in [1.54, 1.807) is 0 Å². The van der Waals surface area contributed by atoms with Crippen molar-refractivity contribution in [2.75, 3.05) is 26.7 Å². The lowest BCUT2D eigenvalue weighted by atomic mass is 9.97. The van der Waals surface area contributed by atoms with E-state index in [9.17, 15) is 0 Å². The minimum Gasteiger partial charge on any atom is -0.310 e. The molecule has 0 aromatic heterocycles. The van der Waals surface area contributed by atoms with Gasteiger partial charge in [-0.2, -0.15) is 0 Å². The second-order valence-corrected chi connectivity index (χ2v) is 5.53. The monoisotopic (exact) mass is 198 g/mol. The van der Waals surface area contributed by atoms with Crippen LogP contribution < -0.4 is 5.32 Å². The highest BCUT2D eigenvalue weighted by Crippen LogP contribution is 2.28. The number of likely N-dealkylation sites (N-methyl/N-ethyl adjacent to an activating group) is 1. The van der Waals surface area contributed by atoms with Crippen LogP contribution in [-0.2, 0) is 0 Å². The second kappa shape index (κ2) is 5.13. The topological polar surface area (TPSA) is 15.3 Å². The first-order valence-electron chi connectivity index (χ1n) is 5.98. The molecular formula is C12H26N2. The summed E-state index contributed by atoms with van der Waals surface area (Å²) < 4.78 is 0. The summed E-state index contributed by atoms with van der Waals surface area (Å²) in [5.74, 6) is 0.833. The molecule has 2 heteroatoms. The third kappa shape index (κ3) is 3.58. The van der Waals surface area contributed by atoms with Gasteiger partial charge >= 0.3 is 0 Å². The van der Waals surface area contributed by atoms with E-state index in [1.807, 2.05) is 0 Å². The van der Waals surface area contributed by atoms with Gasteiger partial charge in [0.05, 0.1) is 0 Å².